The second-order valence-corrected chi connectivity index (χ2v) is 7.03. The monoisotopic (exact) mass is 417 g/mol. The largest absolute Gasteiger partial charge is 0.416 e. The first-order valence-electron chi connectivity index (χ1n) is 7.62. The van der Waals surface area contributed by atoms with E-state index >= 15 is 0 Å². The van der Waals surface area contributed by atoms with E-state index in [1.54, 1.807) is 0 Å². The number of benzene rings is 1. The number of sulfonamides is 1. The number of hydrogen-bond acceptors (Lipinski definition) is 6. The van der Waals surface area contributed by atoms with Crippen molar-refractivity contribution in [2.24, 2.45) is 0 Å². The number of carbonyl (C=O) groups excluding carboxylic acids is 2. The number of alkyl halides is 3. The Bertz CT molecular complexity index is 952. The molecule has 13 heteroatoms. The van der Waals surface area contributed by atoms with Crippen molar-refractivity contribution in [2.75, 3.05) is 6.54 Å². The number of nitrogens with one attached hydrogen (secondary N) is 3. The van der Waals surface area contributed by atoms with Crippen LogP contribution >= 0.6 is 0 Å². The molecule has 0 saturated heterocycles. The first-order valence-corrected chi connectivity index (χ1v) is 9.10. The zero-order chi connectivity index (χ0) is 20.8. The maximum absolute atomic E-state index is 12.7. The summed E-state index contributed by atoms with van der Waals surface area (Å²) >= 11 is 0. The smallest absolute Gasteiger partial charge is 0.273 e. The molecule has 1 aromatic heterocycles. The summed E-state index contributed by atoms with van der Waals surface area (Å²) in [6, 6.07) is 3.20. The lowest BCUT2D eigenvalue weighted by molar-refractivity contribution is -0.137. The van der Waals surface area contributed by atoms with Gasteiger partial charge in [-0.05, 0) is 18.2 Å². The van der Waals surface area contributed by atoms with Gasteiger partial charge < -0.3 is 0 Å². The van der Waals surface area contributed by atoms with E-state index in [4.69, 9.17) is 0 Å². The molecule has 0 atom stereocenters. The van der Waals surface area contributed by atoms with Crippen LogP contribution in [0, 0.1) is 0 Å². The number of amides is 2. The lowest BCUT2D eigenvalue weighted by Crippen LogP contribution is -2.43. The van der Waals surface area contributed by atoms with E-state index in [-0.39, 0.29) is 12.1 Å². The molecule has 2 amide bonds. The van der Waals surface area contributed by atoms with E-state index in [1.165, 1.54) is 18.6 Å². The standard InChI is InChI=1S/C15H14F3N5O4S/c16-15(17,18)10-2-1-3-11(8-10)28(26,27)21-5-4-13(24)22-23-14(25)12-9-19-6-7-20-12/h1-3,6-9,21H,4-5H2,(H,22,24)(H,23,25). The predicted octanol–water partition coefficient (Wildman–Crippen LogP) is 0.625. The van der Waals surface area contributed by atoms with Gasteiger partial charge in [0.15, 0.2) is 0 Å². The molecule has 0 radical (unpaired) electrons. The summed E-state index contributed by atoms with van der Waals surface area (Å²) in [6.07, 6.45) is -1.26. The van der Waals surface area contributed by atoms with Gasteiger partial charge >= 0.3 is 6.18 Å². The topological polar surface area (TPSA) is 130 Å². The third-order valence-electron chi connectivity index (χ3n) is 3.23. The molecular weight excluding hydrogens is 403 g/mol. The third kappa shape index (κ3) is 5.99. The molecule has 0 spiro atoms. The fourth-order valence-corrected chi connectivity index (χ4v) is 2.97. The number of nitrogens with zero attached hydrogens (tertiary/aromatic N) is 2. The Morgan fingerprint density at radius 1 is 1.11 bits per heavy atom. The number of rotatable bonds is 6. The van der Waals surface area contributed by atoms with Gasteiger partial charge in [0.05, 0.1) is 16.7 Å². The molecule has 1 aromatic carbocycles. The van der Waals surface area contributed by atoms with Gasteiger partial charge in [-0.3, -0.25) is 25.4 Å². The first-order chi connectivity index (χ1) is 13.1. The van der Waals surface area contributed by atoms with Crippen molar-refractivity contribution >= 4 is 21.8 Å². The quantitative estimate of drug-likeness (QED) is 0.591. The van der Waals surface area contributed by atoms with Crippen molar-refractivity contribution in [3.05, 3.63) is 54.1 Å². The van der Waals surface area contributed by atoms with Gasteiger partial charge in [0.1, 0.15) is 5.69 Å². The third-order valence-corrected chi connectivity index (χ3v) is 4.69. The molecule has 2 aromatic rings. The summed E-state index contributed by atoms with van der Waals surface area (Å²) in [6.45, 7) is -0.397. The molecule has 1 heterocycles. The minimum atomic E-state index is -4.69. The summed E-state index contributed by atoms with van der Waals surface area (Å²) in [4.78, 5) is 30.1. The fourth-order valence-electron chi connectivity index (χ4n) is 1.89. The Kier molecular flexibility index (Phi) is 6.64. The maximum atomic E-state index is 12.7. The van der Waals surface area contributed by atoms with Crippen molar-refractivity contribution in [1.82, 2.24) is 25.5 Å². The second kappa shape index (κ2) is 8.75. The van der Waals surface area contributed by atoms with Gasteiger partial charge in [-0.25, -0.2) is 18.1 Å². The fraction of sp³-hybridized carbons (Fsp3) is 0.200. The van der Waals surface area contributed by atoms with Gasteiger partial charge in [-0.1, -0.05) is 6.07 Å². The number of halogens is 3. The van der Waals surface area contributed by atoms with Crippen LogP contribution in [-0.2, 0) is 21.0 Å². The number of hydrogen-bond donors (Lipinski definition) is 3. The number of aromatic nitrogens is 2. The van der Waals surface area contributed by atoms with Crippen LogP contribution in [-0.4, -0.2) is 36.7 Å². The highest BCUT2D eigenvalue weighted by molar-refractivity contribution is 7.89. The SMILES string of the molecule is O=C(CCNS(=O)(=O)c1cccc(C(F)(F)F)c1)NNC(=O)c1cnccn1. The highest BCUT2D eigenvalue weighted by Gasteiger charge is 2.31. The molecule has 0 aliphatic heterocycles. The van der Waals surface area contributed by atoms with Crippen LogP contribution < -0.4 is 15.6 Å². The van der Waals surface area contributed by atoms with Gasteiger partial charge in [0.2, 0.25) is 15.9 Å². The van der Waals surface area contributed by atoms with Crippen LogP contribution in [0.25, 0.3) is 0 Å². The zero-order valence-electron chi connectivity index (χ0n) is 14.0. The molecule has 0 bridgehead atoms. The van der Waals surface area contributed by atoms with Crippen molar-refractivity contribution in [3.8, 4) is 0 Å². The number of carbonyl (C=O) groups is 2. The van der Waals surface area contributed by atoms with E-state index in [2.05, 4.69) is 15.4 Å². The molecule has 0 unspecified atom stereocenters. The molecule has 3 N–H and O–H groups in total. The van der Waals surface area contributed by atoms with Crippen LogP contribution in [0.15, 0.2) is 47.8 Å². The molecule has 0 fully saturated rings. The molecule has 28 heavy (non-hydrogen) atoms. The lowest BCUT2D eigenvalue weighted by Gasteiger charge is -2.10. The van der Waals surface area contributed by atoms with Gasteiger partial charge in [-0.15, -0.1) is 0 Å². The van der Waals surface area contributed by atoms with E-state index in [9.17, 15) is 31.2 Å². The Labute approximate surface area is 157 Å². The van der Waals surface area contributed by atoms with Crippen LogP contribution in [0.3, 0.4) is 0 Å². The summed E-state index contributed by atoms with van der Waals surface area (Å²) < 4.78 is 64.1. The van der Waals surface area contributed by atoms with Crippen LogP contribution in [0.5, 0.6) is 0 Å². The van der Waals surface area contributed by atoms with Gasteiger partial charge in [0.25, 0.3) is 5.91 Å². The van der Waals surface area contributed by atoms with E-state index in [0.717, 1.165) is 18.2 Å². The van der Waals surface area contributed by atoms with Crippen LogP contribution in [0.1, 0.15) is 22.5 Å². The van der Waals surface area contributed by atoms with Crippen molar-refractivity contribution < 1.29 is 31.2 Å². The maximum Gasteiger partial charge on any atom is 0.416 e. The molecular formula is C15H14F3N5O4S. The van der Waals surface area contributed by atoms with Crippen molar-refractivity contribution in [3.63, 3.8) is 0 Å². The Balaban J connectivity index is 1.85. The van der Waals surface area contributed by atoms with Gasteiger partial charge in [0, 0.05) is 25.4 Å². The minimum absolute atomic E-state index is 0.0481. The number of hydrazine groups is 1. The molecule has 150 valence electrons. The van der Waals surface area contributed by atoms with Crippen molar-refractivity contribution in [1.29, 1.82) is 0 Å². The zero-order valence-corrected chi connectivity index (χ0v) is 14.8. The summed E-state index contributed by atoms with van der Waals surface area (Å²) in [5, 5.41) is 0. The average molecular weight is 417 g/mol. The van der Waals surface area contributed by atoms with Gasteiger partial charge in [-0.2, -0.15) is 13.2 Å². The Morgan fingerprint density at radius 3 is 2.50 bits per heavy atom. The normalized spacial score (nSPS) is 11.7. The van der Waals surface area contributed by atoms with Crippen molar-refractivity contribution in [2.45, 2.75) is 17.5 Å². The molecule has 0 saturated carbocycles. The molecule has 0 aliphatic rings. The summed E-state index contributed by atoms with van der Waals surface area (Å²) in [5.41, 5.74) is 2.95. The average Bonchev–Trinajstić information content (AvgIpc) is 2.66. The summed E-state index contributed by atoms with van der Waals surface area (Å²) in [5.74, 6) is -1.46. The Morgan fingerprint density at radius 2 is 1.86 bits per heavy atom. The van der Waals surface area contributed by atoms with E-state index in [0.29, 0.717) is 6.07 Å². The second-order valence-electron chi connectivity index (χ2n) is 5.27. The predicted molar refractivity (Wildman–Crippen MR) is 88.9 cm³/mol. The molecule has 0 aliphatic carbocycles. The lowest BCUT2D eigenvalue weighted by atomic mass is 10.2. The van der Waals surface area contributed by atoms with E-state index in [1.807, 2.05) is 10.1 Å². The van der Waals surface area contributed by atoms with Crippen LogP contribution in [0.4, 0.5) is 13.2 Å². The highest BCUT2D eigenvalue weighted by atomic mass is 32.2. The Hall–Kier alpha value is -3.06. The summed E-state index contributed by atoms with van der Waals surface area (Å²) in [7, 11) is -4.25. The van der Waals surface area contributed by atoms with Crippen LogP contribution in [0.2, 0.25) is 0 Å². The molecule has 9 nitrogen and oxygen atoms in total. The first kappa shape index (κ1) is 21.2. The highest BCUT2D eigenvalue weighted by Crippen LogP contribution is 2.30. The minimum Gasteiger partial charge on any atom is -0.273 e. The molecule has 2 rings (SSSR count). The van der Waals surface area contributed by atoms with E-state index < -0.39 is 45.0 Å².